The molecule has 0 fully saturated rings. The number of hydrogen-bond donors (Lipinski definition) is 2. The SMILES string of the molecule is Cc1cnc(N)nc1NCCc1cnn(C)c1. The zero-order chi connectivity index (χ0) is 12.3. The van der Waals surface area contributed by atoms with Crippen molar-refractivity contribution in [3.63, 3.8) is 0 Å². The summed E-state index contributed by atoms with van der Waals surface area (Å²) < 4.78 is 1.79. The molecule has 0 aromatic carbocycles. The number of nitrogens with one attached hydrogen (secondary N) is 1. The van der Waals surface area contributed by atoms with Gasteiger partial charge in [0.15, 0.2) is 0 Å². The minimum Gasteiger partial charge on any atom is -0.369 e. The van der Waals surface area contributed by atoms with E-state index in [0.29, 0.717) is 5.95 Å². The molecular weight excluding hydrogens is 216 g/mol. The van der Waals surface area contributed by atoms with E-state index in [0.717, 1.165) is 24.3 Å². The molecule has 0 saturated heterocycles. The predicted molar refractivity (Wildman–Crippen MR) is 66.6 cm³/mol. The van der Waals surface area contributed by atoms with E-state index < -0.39 is 0 Å². The second-order valence-electron chi connectivity index (χ2n) is 3.96. The molecule has 0 radical (unpaired) electrons. The van der Waals surface area contributed by atoms with E-state index in [2.05, 4.69) is 20.4 Å². The smallest absolute Gasteiger partial charge is 0.221 e. The summed E-state index contributed by atoms with van der Waals surface area (Å²) >= 11 is 0. The van der Waals surface area contributed by atoms with Gasteiger partial charge >= 0.3 is 0 Å². The van der Waals surface area contributed by atoms with Crippen molar-refractivity contribution in [1.82, 2.24) is 19.7 Å². The molecule has 0 aliphatic carbocycles. The third-order valence-corrected chi connectivity index (χ3v) is 2.45. The predicted octanol–water partition coefficient (Wildman–Crippen LogP) is 0.755. The van der Waals surface area contributed by atoms with E-state index in [9.17, 15) is 0 Å². The maximum atomic E-state index is 5.54. The van der Waals surface area contributed by atoms with Crippen LogP contribution in [0.4, 0.5) is 11.8 Å². The van der Waals surface area contributed by atoms with Gasteiger partial charge in [-0.15, -0.1) is 0 Å². The molecule has 90 valence electrons. The van der Waals surface area contributed by atoms with Crippen LogP contribution in [0.15, 0.2) is 18.6 Å². The molecule has 6 heteroatoms. The van der Waals surface area contributed by atoms with Crippen LogP contribution >= 0.6 is 0 Å². The normalized spacial score (nSPS) is 10.5. The van der Waals surface area contributed by atoms with E-state index >= 15 is 0 Å². The zero-order valence-electron chi connectivity index (χ0n) is 10.0. The molecule has 0 spiro atoms. The number of rotatable bonds is 4. The van der Waals surface area contributed by atoms with E-state index in [4.69, 9.17) is 5.73 Å². The highest BCUT2D eigenvalue weighted by Crippen LogP contribution is 2.10. The minimum absolute atomic E-state index is 0.291. The Labute approximate surface area is 99.9 Å². The molecule has 2 aromatic rings. The Balaban J connectivity index is 1.91. The van der Waals surface area contributed by atoms with Gasteiger partial charge in [-0.1, -0.05) is 0 Å². The summed E-state index contributed by atoms with van der Waals surface area (Å²) in [6.45, 7) is 2.74. The average molecular weight is 232 g/mol. The number of nitrogens with two attached hydrogens (primary N) is 1. The molecule has 0 atom stereocenters. The lowest BCUT2D eigenvalue weighted by Crippen LogP contribution is -2.09. The van der Waals surface area contributed by atoms with Gasteiger partial charge in [0.2, 0.25) is 5.95 Å². The first-order chi connectivity index (χ1) is 8.15. The molecule has 17 heavy (non-hydrogen) atoms. The van der Waals surface area contributed by atoms with Crippen LogP contribution in [0.3, 0.4) is 0 Å². The highest BCUT2D eigenvalue weighted by molar-refractivity contribution is 5.45. The number of anilines is 2. The summed E-state index contributed by atoms with van der Waals surface area (Å²) in [5.41, 5.74) is 7.72. The van der Waals surface area contributed by atoms with Gasteiger partial charge in [0.25, 0.3) is 0 Å². The number of aromatic nitrogens is 4. The lowest BCUT2D eigenvalue weighted by atomic mass is 10.2. The van der Waals surface area contributed by atoms with Gasteiger partial charge in [-0.25, -0.2) is 4.98 Å². The first-order valence-corrected chi connectivity index (χ1v) is 5.45. The van der Waals surface area contributed by atoms with Gasteiger partial charge in [0.05, 0.1) is 6.20 Å². The standard InChI is InChI=1S/C11H16N6/c1-8-5-14-11(12)16-10(8)13-4-3-9-6-15-17(2)7-9/h5-7H,3-4H2,1-2H3,(H3,12,13,14,16). The Hall–Kier alpha value is -2.11. The maximum absolute atomic E-state index is 5.54. The van der Waals surface area contributed by atoms with E-state index in [1.165, 1.54) is 5.56 Å². The largest absolute Gasteiger partial charge is 0.369 e. The molecule has 0 aliphatic heterocycles. The zero-order valence-corrected chi connectivity index (χ0v) is 10.0. The molecule has 2 rings (SSSR count). The molecule has 2 heterocycles. The van der Waals surface area contributed by atoms with E-state index in [1.54, 1.807) is 10.9 Å². The van der Waals surface area contributed by atoms with Gasteiger partial charge in [-0.2, -0.15) is 10.1 Å². The fraction of sp³-hybridized carbons (Fsp3) is 0.364. The maximum Gasteiger partial charge on any atom is 0.221 e. The molecule has 6 nitrogen and oxygen atoms in total. The lowest BCUT2D eigenvalue weighted by molar-refractivity contribution is 0.767. The first-order valence-electron chi connectivity index (χ1n) is 5.45. The van der Waals surface area contributed by atoms with Crippen LogP contribution in [0.2, 0.25) is 0 Å². The number of aryl methyl sites for hydroxylation is 2. The van der Waals surface area contributed by atoms with Crippen LogP contribution < -0.4 is 11.1 Å². The van der Waals surface area contributed by atoms with Crippen LogP contribution in [0, 0.1) is 6.92 Å². The van der Waals surface area contributed by atoms with Gasteiger partial charge < -0.3 is 11.1 Å². The summed E-state index contributed by atoms with van der Waals surface area (Å²) in [5, 5.41) is 7.36. The Bertz CT molecular complexity index is 504. The van der Waals surface area contributed by atoms with Gasteiger partial charge in [-0.05, 0) is 18.9 Å². The third-order valence-electron chi connectivity index (χ3n) is 2.45. The van der Waals surface area contributed by atoms with Crippen molar-refractivity contribution in [2.24, 2.45) is 7.05 Å². The molecule has 0 aliphatic rings. The lowest BCUT2D eigenvalue weighted by Gasteiger charge is -2.07. The summed E-state index contributed by atoms with van der Waals surface area (Å²) in [4.78, 5) is 8.07. The summed E-state index contributed by atoms with van der Waals surface area (Å²) in [6, 6.07) is 0. The van der Waals surface area contributed by atoms with Gasteiger partial charge in [0.1, 0.15) is 5.82 Å². The Kier molecular flexibility index (Phi) is 3.22. The molecule has 3 N–H and O–H groups in total. The second-order valence-corrected chi connectivity index (χ2v) is 3.96. The van der Waals surface area contributed by atoms with Crippen LogP contribution in [-0.4, -0.2) is 26.3 Å². The number of nitrogen functional groups attached to an aromatic ring is 1. The minimum atomic E-state index is 0.291. The van der Waals surface area contributed by atoms with Gasteiger partial charge in [0, 0.05) is 31.5 Å². The van der Waals surface area contributed by atoms with Crippen molar-refractivity contribution < 1.29 is 0 Å². The fourth-order valence-corrected chi connectivity index (χ4v) is 1.56. The first kappa shape index (κ1) is 11.4. The van der Waals surface area contributed by atoms with Crippen molar-refractivity contribution in [2.75, 3.05) is 17.6 Å². The van der Waals surface area contributed by atoms with Crippen molar-refractivity contribution in [2.45, 2.75) is 13.3 Å². The average Bonchev–Trinajstić information content (AvgIpc) is 2.69. The Morgan fingerprint density at radius 2 is 2.24 bits per heavy atom. The highest BCUT2D eigenvalue weighted by Gasteiger charge is 2.01. The second kappa shape index (κ2) is 4.82. The van der Waals surface area contributed by atoms with E-state index in [-0.39, 0.29) is 0 Å². The van der Waals surface area contributed by atoms with Crippen LogP contribution in [0.25, 0.3) is 0 Å². The van der Waals surface area contributed by atoms with Crippen molar-refractivity contribution in [1.29, 1.82) is 0 Å². The van der Waals surface area contributed by atoms with Crippen molar-refractivity contribution >= 4 is 11.8 Å². The molecule has 0 amide bonds. The Morgan fingerprint density at radius 3 is 2.94 bits per heavy atom. The van der Waals surface area contributed by atoms with Crippen molar-refractivity contribution in [3.05, 3.63) is 29.7 Å². The molecular formula is C11H16N6. The topological polar surface area (TPSA) is 81.7 Å². The summed E-state index contributed by atoms with van der Waals surface area (Å²) in [5.74, 6) is 1.08. The van der Waals surface area contributed by atoms with Crippen molar-refractivity contribution in [3.8, 4) is 0 Å². The van der Waals surface area contributed by atoms with Crippen LogP contribution in [0.5, 0.6) is 0 Å². The molecule has 2 aromatic heterocycles. The number of nitrogens with zero attached hydrogens (tertiary/aromatic N) is 4. The van der Waals surface area contributed by atoms with Crippen LogP contribution in [0.1, 0.15) is 11.1 Å². The summed E-state index contributed by atoms with van der Waals surface area (Å²) in [6.07, 6.45) is 6.48. The fourth-order valence-electron chi connectivity index (χ4n) is 1.56. The number of hydrogen-bond acceptors (Lipinski definition) is 5. The third kappa shape index (κ3) is 2.93. The van der Waals surface area contributed by atoms with Crippen LogP contribution in [-0.2, 0) is 13.5 Å². The van der Waals surface area contributed by atoms with Gasteiger partial charge in [-0.3, -0.25) is 4.68 Å². The molecule has 0 unspecified atom stereocenters. The monoisotopic (exact) mass is 232 g/mol. The molecule has 0 bridgehead atoms. The Morgan fingerprint density at radius 1 is 1.41 bits per heavy atom. The quantitative estimate of drug-likeness (QED) is 0.813. The van der Waals surface area contributed by atoms with E-state index in [1.807, 2.05) is 26.4 Å². The summed E-state index contributed by atoms with van der Waals surface area (Å²) in [7, 11) is 1.91. The molecule has 0 saturated carbocycles. The highest BCUT2D eigenvalue weighted by atomic mass is 15.2.